The van der Waals surface area contributed by atoms with Crippen LogP contribution < -0.4 is 5.32 Å². The number of hydrogen-bond donors (Lipinski definition) is 1. The van der Waals surface area contributed by atoms with Crippen LogP contribution in [0, 0.1) is 0 Å². The summed E-state index contributed by atoms with van der Waals surface area (Å²) in [6, 6.07) is 9.87. The molecule has 1 aromatic heterocycles. The van der Waals surface area contributed by atoms with Crippen LogP contribution in [-0.4, -0.2) is 10.1 Å². The lowest BCUT2D eigenvalue weighted by Crippen LogP contribution is -1.98. The van der Waals surface area contributed by atoms with E-state index in [4.69, 9.17) is 4.52 Å². The van der Waals surface area contributed by atoms with E-state index in [9.17, 15) is 0 Å². The molecule has 0 fully saturated rings. The standard InChI is InChI=1S/C9H9N3O/c1-2-4-8(5-3-1)10-6-9-11-7-12-13-9/h1-5,7,10H,6H2. The van der Waals surface area contributed by atoms with Crippen molar-refractivity contribution in [2.45, 2.75) is 6.54 Å². The number of rotatable bonds is 3. The van der Waals surface area contributed by atoms with E-state index in [2.05, 4.69) is 15.5 Å². The Morgan fingerprint density at radius 1 is 1.23 bits per heavy atom. The maximum Gasteiger partial charge on any atom is 0.245 e. The fourth-order valence-corrected chi connectivity index (χ4v) is 1.01. The van der Waals surface area contributed by atoms with Gasteiger partial charge in [0.2, 0.25) is 5.89 Å². The molecule has 2 rings (SSSR count). The third-order valence-corrected chi connectivity index (χ3v) is 1.62. The molecule has 0 aliphatic heterocycles. The first-order valence-corrected chi connectivity index (χ1v) is 3.99. The molecule has 2 aromatic rings. The van der Waals surface area contributed by atoms with Crippen LogP contribution >= 0.6 is 0 Å². The topological polar surface area (TPSA) is 51.0 Å². The van der Waals surface area contributed by atoms with Crippen LogP contribution in [0.15, 0.2) is 41.2 Å². The predicted octanol–water partition coefficient (Wildman–Crippen LogP) is 1.68. The quantitative estimate of drug-likeness (QED) is 0.771. The minimum Gasteiger partial charge on any atom is -0.376 e. The molecule has 0 spiro atoms. The van der Waals surface area contributed by atoms with Crippen molar-refractivity contribution in [2.24, 2.45) is 0 Å². The van der Waals surface area contributed by atoms with Crippen molar-refractivity contribution in [3.63, 3.8) is 0 Å². The first-order valence-electron chi connectivity index (χ1n) is 3.99. The molecule has 0 radical (unpaired) electrons. The Balaban J connectivity index is 1.94. The average Bonchev–Trinajstić information content (AvgIpc) is 2.69. The minimum atomic E-state index is 0.560. The fraction of sp³-hybridized carbons (Fsp3) is 0.111. The van der Waals surface area contributed by atoms with Gasteiger partial charge in [-0.05, 0) is 12.1 Å². The zero-order valence-corrected chi connectivity index (χ0v) is 6.97. The second-order valence-electron chi connectivity index (χ2n) is 2.55. The highest BCUT2D eigenvalue weighted by molar-refractivity contribution is 5.42. The van der Waals surface area contributed by atoms with Crippen molar-refractivity contribution >= 4 is 5.69 Å². The summed E-state index contributed by atoms with van der Waals surface area (Å²) >= 11 is 0. The molecule has 1 heterocycles. The van der Waals surface area contributed by atoms with Crippen LogP contribution in [0.4, 0.5) is 5.69 Å². The molecule has 0 unspecified atom stereocenters. The first-order chi connectivity index (χ1) is 6.45. The van der Waals surface area contributed by atoms with Gasteiger partial charge in [-0.15, -0.1) is 0 Å². The lowest BCUT2D eigenvalue weighted by molar-refractivity contribution is 0.382. The average molecular weight is 175 g/mol. The van der Waals surface area contributed by atoms with Crippen molar-refractivity contribution in [3.8, 4) is 0 Å². The highest BCUT2D eigenvalue weighted by Gasteiger charge is 1.96. The van der Waals surface area contributed by atoms with E-state index in [0.717, 1.165) is 5.69 Å². The van der Waals surface area contributed by atoms with Crippen molar-refractivity contribution in [3.05, 3.63) is 42.5 Å². The van der Waals surface area contributed by atoms with Crippen molar-refractivity contribution in [2.75, 3.05) is 5.32 Å². The molecule has 0 amide bonds. The van der Waals surface area contributed by atoms with E-state index in [-0.39, 0.29) is 0 Å². The number of nitrogens with zero attached hydrogens (tertiary/aromatic N) is 2. The van der Waals surface area contributed by atoms with Crippen LogP contribution in [-0.2, 0) is 6.54 Å². The summed E-state index contributed by atoms with van der Waals surface area (Å²) in [5.74, 6) is 0.587. The molecule has 66 valence electrons. The van der Waals surface area contributed by atoms with Crippen LogP contribution in [0.25, 0.3) is 0 Å². The summed E-state index contributed by atoms with van der Waals surface area (Å²) in [5, 5.41) is 6.66. The number of hydrogen-bond acceptors (Lipinski definition) is 4. The van der Waals surface area contributed by atoms with Crippen molar-refractivity contribution < 1.29 is 4.52 Å². The SMILES string of the molecule is c1ccc(NCc2ncno2)cc1. The van der Waals surface area contributed by atoms with Crippen LogP contribution in [0.1, 0.15) is 5.89 Å². The minimum absolute atomic E-state index is 0.560. The van der Waals surface area contributed by atoms with Gasteiger partial charge < -0.3 is 9.84 Å². The van der Waals surface area contributed by atoms with Crippen LogP contribution in [0.3, 0.4) is 0 Å². The Morgan fingerprint density at radius 3 is 2.77 bits per heavy atom. The Kier molecular flexibility index (Phi) is 2.22. The molecule has 1 aromatic carbocycles. The number of anilines is 1. The Morgan fingerprint density at radius 2 is 2.08 bits per heavy atom. The van der Waals surface area contributed by atoms with E-state index in [1.165, 1.54) is 6.33 Å². The molecular formula is C9H9N3O. The Bertz CT molecular complexity index is 344. The monoisotopic (exact) mass is 175 g/mol. The summed E-state index contributed by atoms with van der Waals surface area (Å²) in [5.41, 5.74) is 1.04. The number of benzene rings is 1. The summed E-state index contributed by atoms with van der Waals surface area (Å²) in [4.78, 5) is 3.89. The molecule has 0 aliphatic carbocycles. The van der Waals surface area contributed by atoms with Gasteiger partial charge in [-0.25, -0.2) is 0 Å². The van der Waals surface area contributed by atoms with Gasteiger partial charge in [-0.3, -0.25) is 0 Å². The van der Waals surface area contributed by atoms with Crippen LogP contribution in [0.5, 0.6) is 0 Å². The summed E-state index contributed by atoms with van der Waals surface area (Å²) in [6.07, 6.45) is 1.39. The van der Waals surface area contributed by atoms with E-state index < -0.39 is 0 Å². The summed E-state index contributed by atoms with van der Waals surface area (Å²) in [6.45, 7) is 0.560. The normalized spacial score (nSPS) is 9.85. The maximum atomic E-state index is 4.83. The maximum absolute atomic E-state index is 4.83. The summed E-state index contributed by atoms with van der Waals surface area (Å²) < 4.78 is 4.83. The molecule has 0 saturated carbocycles. The molecule has 1 N–H and O–H groups in total. The zero-order valence-electron chi connectivity index (χ0n) is 6.97. The molecule has 4 nitrogen and oxygen atoms in total. The molecular weight excluding hydrogens is 166 g/mol. The van der Waals surface area contributed by atoms with Gasteiger partial charge >= 0.3 is 0 Å². The largest absolute Gasteiger partial charge is 0.376 e. The van der Waals surface area contributed by atoms with Crippen molar-refractivity contribution in [1.29, 1.82) is 0 Å². The third kappa shape index (κ3) is 2.05. The lowest BCUT2D eigenvalue weighted by atomic mass is 10.3. The molecule has 0 aliphatic rings. The van der Waals surface area contributed by atoms with Gasteiger partial charge in [0.05, 0.1) is 6.54 Å². The van der Waals surface area contributed by atoms with Gasteiger partial charge in [0.15, 0.2) is 6.33 Å². The van der Waals surface area contributed by atoms with Gasteiger partial charge in [-0.2, -0.15) is 4.98 Å². The molecule has 13 heavy (non-hydrogen) atoms. The van der Waals surface area contributed by atoms with Gasteiger partial charge in [0, 0.05) is 5.69 Å². The smallest absolute Gasteiger partial charge is 0.245 e. The first kappa shape index (κ1) is 7.79. The van der Waals surface area contributed by atoms with Gasteiger partial charge in [0.1, 0.15) is 0 Å². The fourth-order valence-electron chi connectivity index (χ4n) is 1.01. The Labute approximate surface area is 75.6 Å². The third-order valence-electron chi connectivity index (χ3n) is 1.62. The van der Waals surface area contributed by atoms with Crippen molar-refractivity contribution in [1.82, 2.24) is 10.1 Å². The molecule has 0 bridgehead atoms. The number of nitrogens with one attached hydrogen (secondary N) is 1. The second-order valence-corrected chi connectivity index (χ2v) is 2.55. The van der Waals surface area contributed by atoms with Crippen LogP contribution in [0.2, 0.25) is 0 Å². The lowest BCUT2D eigenvalue weighted by Gasteiger charge is -2.01. The van der Waals surface area contributed by atoms with E-state index in [1.807, 2.05) is 30.3 Å². The van der Waals surface area contributed by atoms with E-state index >= 15 is 0 Å². The summed E-state index contributed by atoms with van der Waals surface area (Å²) in [7, 11) is 0. The van der Waals surface area contributed by atoms with E-state index in [1.54, 1.807) is 0 Å². The molecule has 0 atom stereocenters. The number of aromatic nitrogens is 2. The molecule has 4 heteroatoms. The van der Waals surface area contributed by atoms with Gasteiger partial charge in [-0.1, -0.05) is 23.4 Å². The van der Waals surface area contributed by atoms with Gasteiger partial charge in [0.25, 0.3) is 0 Å². The highest BCUT2D eigenvalue weighted by Crippen LogP contribution is 2.06. The van der Waals surface area contributed by atoms with E-state index in [0.29, 0.717) is 12.4 Å². The predicted molar refractivity (Wildman–Crippen MR) is 48.1 cm³/mol. The zero-order chi connectivity index (χ0) is 8.93. The second kappa shape index (κ2) is 3.71. The Hall–Kier alpha value is -1.84. The number of para-hydroxylation sites is 1. The molecule has 0 saturated heterocycles. The highest BCUT2D eigenvalue weighted by atomic mass is 16.5.